The summed E-state index contributed by atoms with van der Waals surface area (Å²) < 4.78 is 26.4. The maximum absolute atomic E-state index is 12.9. The van der Waals surface area contributed by atoms with Gasteiger partial charge in [-0.25, -0.2) is 8.42 Å². The van der Waals surface area contributed by atoms with E-state index in [2.05, 4.69) is 15.6 Å². The topological polar surface area (TPSA) is 138 Å². The quantitative estimate of drug-likeness (QED) is 0.220. The molecular formula is C21H23ClN4O6S. The van der Waals surface area contributed by atoms with E-state index in [1.807, 2.05) is 6.92 Å². The molecule has 0 unspecified atom stereocenters. The maximum atomic E-state index is 12.9. The number of rotatable bonds is 10. The third kappa shape index (κ3) is 4.58. The molecule has 0 aliphatic rings. The molecule has 1 atom stereocenters. The monoisotopic (exact) mass is 494 g/mol. The van der Waals surface area contributed by atoms with Crippen LogP contribution in [0.25, 0.3) is 0 Å². The van der Waals surface area contributed by atoms with Gasteiger partial charge in [0, 0.05) is 12.7 Å². The van der Waals surface area contributed by atoms with E-state index in [-0.39, 0.29) is 34.7 Å². The first-order chi connectivity index (χ1) is 15.7. The molecule has 10 nitrogen and oxygen atoms in total. The van der Waals surface area contributed by atoms with Crippen LogP contribution in [-0.4, -0.2) is 36.6 Å². The summed E-state index contributed by atoms with van der Waals surface area (Å²) in [6.45, 7) is 3.40. The third-order valence-corrected chi connectivity index (χ3v) is 7.31. The Morgan fingerprint density at radius 3 is 2.42 bits per heavy atom. The van der Waals surface area contributed by atoms with Crippen molar-refractivity contribution in [2.24, 2.45) is 0 Å². The molecule has 0 amide bonds. The lowest BCUT2D eigenvalue weighted by molar-refractivity contribution is -0.0443. The third-order valence-electron chi connectivity index (χ3n) is 5.01. The molecule has 176 valence electrons. The summed E-state index contributed by atoms with van der Waals surface area (Å²) in [5, 5.41) is 16.1. The Balaban J connectivity index is 1.99. The zero-order valence-electron chi connectivity index (χ0n) is 18.1. The standard InChI is InChI=1S/C21H23ClN4O6S/c1-4-13(14-8-6-7-11-23-14)24-16-17(20(29)19(16)28)25-15-10-9-12(22)21(18(15)27)33(30,31)26(5-2)32-3/h6-11,13,24-25,27H,4-5H2,1-3H3/t13-/m0/s1. The van der Waals surface area contributed by atoms with E-state index >= 15 is 0 Å². The number of anilines is 3. The van der Waals surface area contributed by atoms with Crippen LogP contribution in [0.4, 0.5) is 17.1 Å². The van der Waals surface area contributed by atoms with E-state index in [9.17, 15) is 23.1 Å². The Hall–Kier alpha value is -2.99. The molecule has 1 heterocycles. The summed E-state index contributed by atoms with van der Waals surface area (Å²) >= 11 is 6.06. The molecule has 0 aliphatic carbocycles. The summed E-state index contributed by atoms with van der Waals surface area (Å²) in [5.74, 6) is -0.714. The van der Waals surface area contributed by atoms with Crippen LogP contribution in [-0.2, 0) is 14.9 Å². The van der Waals surface area contributed by atoms with Crippen molar-refractivity contribution in [3.8, 4) is 5.75 Å². The zero-order chi connectivity index (χ0) is 24.3. The molecule has 3 N–H and O–H groups in total. The number of phenols is 1. The van der Waals surface area contributed by atoms with Gasteiger partial charge >= 0.3 is 0 Å². The number of hydroxylamine groups is 1. The summed E-state index contributed by atoms with van der Waals surface area (Å²) in [6.07, 6.45) is 2.20. The first-order valence-electron chi connectivity index (χ1n) is 10.0. The van der Waals surface area contributed by atoms with Crippen molar-refractivity contribution in [3.63, 3.8) is 0 Å². The van der Waals surface area contributed by atoms with E-state index in [0.717, 1.165) is 0 Å². The highest BCUT2D eigenvalue weighted by molar-refractivity contribution is 7.89. The molecule has 1 aromatic heterocycles. The number of aromatic hydroxyl groups is 1. The normalized spacial score (nSPS) is 12.8. The van der Waals surface area contributed by atoms with Crippen molar-refractivity contribution in [3.05, 3.63) is 67.7 Å². The maximum Gasteiger partial charge on any atom is 0.270 e. The highest BCUT2D eigenvalue weighted by Gasteiger charge is 2.32. The number of aromatic nitrogens is 1. The Morgan fingerprint density at radius 2 is 1.85 bits per heavy atom. The fourth-order valence-corrected chi connectivity index (χ4v) is 5.17. The fraction of sp³-hybridized carbons (Fsp3) is 0.286. The predicted octanol–water partition coefficient (Wildman–Crippen LogP) is 2.92. The van der Waals surface area contributed by atoms with Gasteiger partial charge in [0.25, 0.3) is 20.9 Å². The number of sulfonamides is 1. The average molecular weight is 495 g/mol. The number of pyridine rings is 1. The van der Waals surface area contributed by atoms with E-state index in [4.69, 9.17) is 16.4 Å². The Kier molecular flexibility index (Phi) is 7.38. The summed E-state index contributed by atoms with van der Waals surface area (Å²) in [6, 6.07) is 7.57. The van der Waals surface area contributed by atoms with E-state index < -0.39 is 31.5 Å². The first kappa shape index (κ1) is 24.6. The van der Waals surface area contributed by atoms with Crippen LogP contribution in [0.3, 0.4) is 0 Å². The van der Waals surface area contributed by atoms with Crippen molar-refractivity contribution in [2.45, 2.75) is 31.2 Å². The molecule has 33 heavy (non-hydrogen) atoms. The number of hydrogen-bond acceptors (Lipinski definition) is 9. The van der Waals surface area contributed by atoms with Gasteiger partial charge in [-0.05, 0) is 37.6 Å². The first-order valence-corrected chi connectivity index (χ1v) is 11.8. The smallest absolute Gasteiger partial charge is 0.270 e. The molecule has 0 saturated heterocycles. The Bertz CT molecular complexity index is 1320. The molecule has 0 spiro atoms. The number of nitrogens with one attached hydrogen (secondary N) is 2. The predicted molar refractivity (Wildman–Crippen MR) is 125 cm³/mol. The second kappa shape index (κ2) is 9.87. The Morgan fingerprint density at radius 1 is 1.15 bits per heavy atom. The summed E-state index contributed by atoms with van der Waals surface area (Å²) in [7, 11) is -3.14. The molecule has 0 aliphatic heterocycles. The van der Waals surface area contributed by atoms with Crippen LogP contribution in [0.2, 0.25) is 5.02 Å². The van der Waals surface area contributed by atoms with Crippen LogP contribution < -0.4 is 21.5 Å². The van der Waals surface area contributed by atoms with Gasteiger partial charge in [0.15, 0.2) is 5.75 Å². The van der Waals surface area contributed by atoms with Crippen molar-refractivity contribution < 1.29 is 18.4 Å². The minimum absolute atomic E-state index is 0.0170. The van der Waals surface area contributed by atoms with Gasteiger partial charge in [-0.2, -0.15) is 0 Å². The lowest BCUT2D eigenvalue weighted by atomic mass is 10.1. The molecular weight excluding hydrogens is 472 g/mol. The molecule has 0 fully saturated rings. The van der Waals surface area contributed by atoms with Gasteiger partial charge < -0.3 is 15.7 Å². The molecule has 3 aromatic rings. The highest BCUT2D eigenvalue weighted by atomic mass is 35.5. The number of benzene rings is 1. The molecule has 0 radical (unpaired) electrons. The van der Waals surface area contributed by atoms with Crippen LogP contribution in [0.15, 0.2) is 51.0 Å². The van der Waals surface area contributed by atoms with Crippen LogP contribution in [0, 0.1) is 0 Å². The summed E-state index contributed by atoms with van der Waals surface area (Å²) in [4.78, 5) is 33.0. The van der Waals surface area contributed by atoms with E-state index in [1.54, 1.807) is 31.3 Å². The largest absolute Gasteiger partial charge is 0.504 e. The fourth-order valence-electron chi connectivity index (χ4n) is 3.32. The van der Waals surface area contributed by atoms with E-state index in [1.165, 1.54) is 19.2 Å². The zero-order valence-corrected chi connectivity index (χ0v) is 19.7. The molecule has 0 bridgehead atoms. The Labute approximate surface area is 195 Å². The van der Waals surface area contributed by atoms with Crippen molar-refractivity contribution in [1.29, 1.82) is 0 Å². The minimum atomic E-state index is -4.31. The lowest BCUT2D eigenvalue weighted by Gasteiger charge is -2.22. The van der Waals surface area contributed by atoms with E-state index in [0.29, 0.717) is 16.6 Å². The number of nitrogens with zero attached hydrogens (tertiary/aromatic N) is 2. The molecule has 3 rings (SSSR count). The van der Waals surface area contributed by atoms with Gasteiger partial charge in [-0.3, -0.25) is 19.4 Å². The van der Waals surface area contributed by atoms with Gasteiger partial charge in [0.05, 0.1) is 29.6 Å². The van der Waals surface area contributed by atoms with Gasteiger partial charge in [-0.1, -0.05) is 29.1 Å². The molecule has 0 saturated carbocycles. The van der Waals surface area contributed by atoms with Gasteiger partial charge in [0.1, 0.15) is 16.3 Å². The van der Waals surface area contributed by atoms with Crippen molar-refractivity contribution >= 4 is 38.7 Å². The minimum Gasteiger partial charge on any atom is -0.504 e. The summed E-state index contributed by atoms with van der Waals surface area (Å²) in [5.41, 5.74) is -1.06. The number of hydrogen-bond donors (Lipinski definition) is 3. The average Bonchev–Trinajstić information content (AvgIpc) is 2.80. The highest BCUT2D eigenvalue weighted by Crippen LogP contribution is 2.40. The number of phenolic OH excluding ortho intramolecular Hbond substituents is 1. The van der Waals surface area contributed by atoms with Gasteiger partial charge in [-0.15, -0.1) is 0 Å². The second-order valence-corrected chi connectivity index (χ2v) is 9.15. The molecule has 12 heteroatoms. The van der Waals surface area contributed by atoms with Gasteiger partial charge in [0.2, 0.25) is 0 Å². The number of halogens is 1. The van der Waals surface area contributed by atoms with Crippen molar-refractivity contribution in [2.75, 3.05) is 24.3 Å². The second-order valence-electron chi connectivity index (χ2n) is 6.97. The van der Waals surface area contributed by atoms with Crippen LogP contribution in [0.5, 0.6) is 5.75 Å². The SMILES string of the molecule is CC[C@H](Nc1c(Nc2ccc(Cl)c(S(=O)(=O)N(CC)OC)c2O)c(=O)c1=O)c1ccccn1. The van der Waals surface area contributed by atoms with Crippen LogP contribution in [0.1, 0.15) is 32.0 Å². The molecule has 2 aromatic carbocycles. The van der Waals surface area contributed by atoms with Crippen molar-refractivity contribution in [1.82, 2.24) is 9.45 Å². The lowest BCUT2D eigenvalue weighted by Crippen LogP contribution is -2.37. The van der Waals surface area contributed by atoms with Crippen LogP contribution >= 0.6 is 11.6 Å².